The summed E-state index contributed by atoms with van der Waals surface area (Å²) in [6.45, 7) is 2.17. The van der Waals surface area contributed by atoms with Crippen LogP contribution in [-0.2, 0) is 6.42 Å². The van der Waals surface area contributed by atoms with Gasteiger partial charge in [0, 0.05) is 10.9 Å². The second-order valence-corrected chi connectivity index (χ2v) is 5.79. The number of methoxy groups -OCH3 is 1. The van der Waals surface area contributed by atoms with Gasteiger partial charge in [-0.15, -0.1) is 0 Å². The number of hydrogen-bond acceptors (Lipinski definition) is 2. The van der Waals surface area contributed by atoms with Crippen LogP contribution in [-0.4, -0.2) is 17.8 Å². The molecule has 1 aliphatic carbocycles. The monoisotopic (exact) mass is 284 g/mol. The van der Waals surface area contributed by atoms with E-state index in [2.05, 4.69) is 22.9 Å². The largest absolute Gasteiger partial charge is 0.496 e. The van der Waals surface area contributed by atoms with E-state index in [9.17, 15) is 5.11 Å². The molecule has 0 amide bonds. The smallest absolute Gasteiger partial charge is 0.122 e. The van der Waals surface area contributed by atoms with Gasteiger partial charge in [0.15, 0.2) is 0 Å². The molecule has 0 aromatic heterocycles. The Labute approximate surface area is 105 Å². The molecule has 0 bridgehead atoms. The molecule has 1 saturated carbocycles. The van der Waals surface area contributed by atoms with Crippen molar-refractivity contribution in [1.82, 2.24) is 0 Å². The molecule has 0 aliphatic heterocycles. The zero-order valence-corrected chi connectivity index (χ0v) is 11.3. The summed E-state index contributed by atoms with van der Waals surface area (Å²) in [5, 5.41) is 10.3. The van der Waals surface area contributed by atoms with E-state index in [4.69, 9.17) is 4.74 Å². The average molecular weight is 285 g/mol. The van der Waals surface area contributed by atoms with Crippen LogP contribution in [0.4, 0.5) is 0 Å². The molecule has 0 heterocycles. The molecule has 2 rings (SSSR count). The molecule has 1 fully saturated rings. The number of ether oxygens (including phenoxy) is 1. The molecule has 0 unspecified atom stereocenters. The third kappa shape index (κ3) is 2.41. The van der Waals surface area contributed by atoms with Gasteiger partial charge in [0.2, 0.25) is 0 Å². The van der Waals surface area contributed by atoms with E-state index in [1.54, 1.807) is 7.11 Å². The van der Waals surface area contributed by atoms with Gasteiger partial charge in [0.05, 0.1) is 12.7 Å². The lowest BCUT2D eigenvalue weighted by Crippen LogP contribution is -2.44. The summed E-state index contributed by atoms with van der Waals surface area (Å²) in [6.07, 6.45) is 2.46. The summed E-state index contributed by atoms with van der Waals surface area (Å²) < 4.78 is 6.34. The highest BCUT2D eigenvalue weighted by Gasteiger charge is 2.40. The van der Waals surface area contributed by atoms with Gasteiger partial charge in [-0.05, 0) is 42.5 Å². The van der Waals surface area contributed by atoms with Gasteiger partial charge in [0.1, 0.15) is 5.75 Å². The summed E-state index contributed by atoms with van der Waals surface area (Å²) in [7, 11) is 1.67. The van der Waals surface area contributed by atoms with Crippen LogP contribution in [0.2, 0.25) is 0 Å². The van der Waals surface area contributed by atoms with Gasteiger partial charge in [-0.2, -0.15) is 0 Å². The summed E-state index contributed by atoms with van der Waals surface area (Å²) >= 11 is 3.45. The molecule has 3 heteroatoms. The first kappa shape index (κ1) is 11.9. The summed E-state index contributed by atoms with van der Waals surface area (Å²) in [6, 6.07) is 5.92. The Bertz CT molecular complexity index is 384. The number of halogens is 1. The van der Waals surface area contributed by atoms with Crippen LogP contribution in [0.15, 0.2) is 22.7 Å². The molecule has 88 valence electrons. The number of hydrogen-bond donors (Lipinski definition) is 1. The van der Waals surface area contributed by atoms with E-state index in [0.29, 0.717) is 12.3 Å². The van der Waals surface area contributed by atoms with Crippen LogP contribution in [0, 0.1) is 5.92 Å². The minimum absolute atomic E-state index is 0.520. The second-order valence-electron chi connectivity index (χ2n) is 4.87. The van der Waals surface area contributed by atoms with E-state index < -0.39 is 5.60 Å². The molecular weight excluding hydrogens is 268 g/mol. The van der Waals surface area contributed by atoms with E-state index in [0.717, 1.165) is 28.6 Å². The Morgan fingerprint density at radius 2 is 2.19 bits per heavy atom. The van der Waals surface area contributed by atoms with Gasteiger partial charge < -0.3 is 9.84 Å². The lowest BCUT2D eigenvalue weighted by Gasteiger charge is -2.42. The molecule has 1 aromatic carbocycles. The van der Waals surface area contributed by atoms with Crippen molar-refractivity contribution in [3.05, 3.63) is 28.2 Å². The third-order valence-electron chi connectivity index (χ3n) is 3.22. The van der Waals surface area contributed by atoms with Crippen molar-refractivity contribution in [3.63, 3.8) is 0 Å². The molecule has 1 N–H and O–H groups in total. The molecule has 0 saturated heterocycles. The number of aliphatic hydroxyl groups is 1. The molecule has 0 spiro atoms. The quantitative estimate of drug-likeness (QED) is 0.924. The standard InChI is InChI=1S/C13H17BrO2/c1-9-6-13(15,7-9)8-10-5-11(14)3-4-12(10)16-2/h3-5,9,15H,6-8H2,1-2H3. The summed E-state index contributed by atoms with van der Waals surface area (Å²) in [5.74, 6) is 1.50. The van der Waals surface area contributed by atoms with Crippen molar-refractivity contribution >= 4 is 15.9 Å². The average Bonchev–Trinajstić information content (AvgIpc) is 2.15. The van der Waals surface area contributed by atoms with Crippen molar-refractivity contribution in [2.24, 2.45) is 5.92 Å². The Hall–Kier alpha value is -0.540. The molecule has 1 aromatic rings. The molecule has 1 aliphatic rings. The Balaban J connectivity index is 2.17. The SMILES string of the molecule is COc1ccc(Br)cc1CC1(O)CC(C)C1. The van der Waals surface area contributed by atoms with Crippen LogP contribution in [0.5, 0.6) is 5.75 Å². The third-order valence-corrected chi connectivity index (χ3v) is 3.71. The van der Waals surface area contributed by atoms with Gasteiger partial charge in [0.25, 0.3) is 0 Å². The van der Waals surface area contributed by atoms with E-state index in [1.807, 2.05) is 18.2 Å². The number of rotatable bonds is 3. The minimum atomic E-state index is -0.520. The Morgan fingerprint density at radius 3 is 2.75 bits per heavy atom. The fourth-order valence-corrected chi connectivity index (χ4v) is 3.03. The van der Waals surface area contributed by atoms with Crippen LogP contribution >= 0.6 is 15.9 Å². The van der Waals surface area contributed by atoms with Crippen molar-refractivity contribution in [3.8, 4) is 5.75 Å². The van der Waals surface area contributed by atoms with Gasteiger partial charge in [-0.1, -0.05) is 22.9 Å². The van der Waals surface area contributed by atoms with E-state index in [1.165, 1.54) is 0 Å². The first-order valence-electron chi connectivity index (χ1n) is 5.57. The molecule has 16 heavy (non-hydrogen) atoms. The number of benzene rings is 1. The zero-order chi connectivity index (χ0) is 11.8. The first-order valence-corrected chi connectivity index (χ1v) is 6.36. The van der Waals surface area contributed by atoms with Crippen molar-refractivity contribution in [1.29, 1.82) is 0 Å². The van der Waals surface area contributed by atoms with E-state index >= 15 is 0 Å². The van der Waals surface area contributed by atoms with Gasteiger partial charge in [-0.25, -0.2) is 0 Å². The Kier molecular flexibility index (Phi) is 3.27. The second kappa shape index (κ2) is 4.38. The van der Waals surface area contributed by atoms with Crippen LogP contribution < -0.4 is 4.74 Å². The normalized spacial score (nSPS) is 28.6. The first-order chi connectivity index (χ1) is 7.52. The minimum Gasteiger partial charge on any atom is -0.496 e. The van der Waals surface area contributed by atoms with Crippen molar-refractivity contribution in [2.75, 3.05) is 7.11 Å². The maximum absolute atomic E-state index is 10.3. The molecule has 2 nitrogen and oxygen atoms in total. The molecular formula is C13H17BrO2. The fourth-order valence-electron chi connectivity index (χ4n) is 2.62. The van der Waals surface area contributed by atoms with Gasteiger partial charge in [-0.3, -0.25) is 0 Å². The lowest BCUT2D eigenvalue weighted by molar-refractivity contribution is -0.0668. The van der Waals surface area contributed by atoms with Crippen molar-refractivity contribution < 1.29 is 9.84 Å². The molecule has 0 atom stereocenters. The zero-order valence-electron chi connectivity index (χ0n) is 9.66. The highest BCUT2D eigenvalue weighted by molar-refractivity contribution is 9.10. The highest BCUT2D eigenvalue weighted by atomic mass is 79.9. The Morgan fingerprint density at radius 1 is 1.50 bits per heavy atom. The topological polar surface area (TPSA) is 29.5 Å². The fraction of sp³-hybridized carbons (Fsp3) is 0.538. The maximum atomic E-state index is 10.3. The van der Waals surface area contributed by atoms with Crippen LogP contribution in [0.3, 0.4) is 0 Å². The highest BCUT2D eigenvalue weighted by Crippen LogP contribution is 2.41. The lowest BCUT2D eigenvalue weighted by atomic mass is 9.69. The molecule has 0 radical (unpaired) electrons. The predicted octanol–water partition coefficient (Wildman–Crippen LogP) is 3.16. The predicted molar refractivity (Wildman–Crippen MR) is 67.7 cm³/mol. The van der Waals surface area contributed by atoms with E-state index in [-0.39, 0.29) is 0 Å². The summed E-state index contributed by atoms with van der Waals surface area (Å²) in [4.78, 5) is 0. The maximum Gasteiger partial charge on any atom is 0.122 e. The van der Waals surface area contributed by atoms with Crippen LogP contribution in [0.1, 0.15) is 25.3 Å². The summed E-state index contributed by atoms with van der Waals surface area (Å²) in [5.41, 5.74) is 0.555. The van der Waals surface area contributed by atoms with Gasteiger partial charge >= 0.3 is 0 Å². The van der Waals surface area contributed by atoms with Crippen molar-refractivity contribution in [2.45, 2.75) is 31.8 Å². The van der Waals surface area contributed by atoms with Crippen LogP contribution in [0.25, 0.3) is 0 Å².